The van der Waals surface area contributed by atoms with Crippen molar-refractivity contribution in [1.82, 2.24) is 0 Å². The smallest absolute Gasteiger partial charge is 0.418 e. The van der Waals surface area contributed by atoms with E-state index in [1.807, 2.05) is 36.4 Å². The van der Waals surface area contributed by atoms with Gasteiger partial charge in [0.1, 0.15) is 12.7 Å². The lowest BCUT2D eigenvalue weighted by Gasteiger charge is -2.56. The van der Waals surface area contributed by atoms with Crippen LogP contribution < -0.4 is 5.63 Å². The molecule has 2 aromatic rings. The SMILES string of the molecule is CCCC[C@@H](/C=C1/CC[C@@H]2[C@H](CC[C@]3(C)[C@@H](c4ccc(=O)oc4)CC[C@]23O)C1)OC(=O)C(=O)OCc1ccccc1. The van der Waals surface area contributed by atoms with E-state index < -0.39 is 23.6 Å². The van der Waals surface area contributed by atoms with Crippen LogP contribution in [-0.2, 0) is 25.7 Å². The van der Waals surface area contributed by atoms with Crippen LogP contribution in [0.3, 0.4) is 0 Å². The number of aliphatic hydroxyl groups is 1. The molecule has 0 amide bonds. The maximum Gasteiger partial charge on any atom is 0.418 e. The number of carbonyl (C=O) groups is 2. The molecule has 0 bridgehead atoms. The van der Waals surface area contributed by atoms with E-state index in [2.05, 4.69) is 19.9 Å². The van der Waals surface area contributed by atoms with Gasteiger partial charge in [0.2, 0.25) is 0 Å². The van der Waals surface area contributed by atoms with E-state index >= 15 is 0 Å². The number of carbonyl (C=O) groups excluding carboxylic acids is 2. The summed E-state index contributed by atoms with van der Waals surface area (Å²) in [5.74, 6) is -1.21. The summed E-state index contributed by atoms with van der Waals surface area (Å²) < 4.78 is 16.0. The lowest BCUT2D eigenvalue weighted by Crippen LogP contribution is -2.56. The minimum Gasteiger partial charge on any atom is -0.452 e. The van der Waals surface area contributed by atoms with Crippen LogP contribution in [0.2, 0.25) is 0 Å². The standard InChI is InChI=1S/C34H42O7/c1-3-4-10-27(41-32(37)31(36)40-21-23-8-6-5-7-9-23)20-24-11-13-29-25(19-24)15-17-33(2)28(16-18-34(29,33)38)26-12-14-30(35)39-22-26/h5-9,12,14,20,22,25,27-29,38H,3-4,10-11,13,15-19,21H2,1-2H3/b24-20-/t25-,27+,28-,29-,33-,34+/m1/s1. The molecule has 0 spiro atoms. The van der Waals surface area contributed by atoms with Crippen molar-refractivity contribution in [3.63, 3.8) is 0 Å². The number of esters is 2. The third-order valence-electron chi connectivity index (χ3n) is 10.1. The summed E-state index contributed by atoms with van der Waals surface area (Å²) in [5.41, 5.74) is 1.66. The predicted molar refractivity (Wildman–Crippen MR) is 154 cm³/mol. The summed E-state index contributed by atoms with van der Waals surface area (Å²) in [7, 11) is 0. The van der Waals surface area contributed by atoms with Crippen LogP contribution in [0.25, 0.3) is 0 Å². The van der Waals surface area contributed by atoms with Crippen LogP contribution >= 0.6 is 0 Å². The van der Waals surface area contributed by atoms with Crippen LogP contribution in [0, 0.1) is 17.3 Å². The van der Waals surface area contributed by atoms with Crippen molar-refractivity contribution in [3.8, 4) is 0 Å². The number of hydrogen-bond donors (Lipinski definition) is 1. The lowest BCUT2D eigenvalue weighted by molar-refractivity contribution is -0.170. The highest BCUT2D eigenvalue weighted by molar-refractivity contribution is 6.29. The maximum atomic E-state index is 12.6. The summed E-state index contributed by atoms with van der Waals surface area (Å²) in [4.78, 5) is 36.5. The quantitative estimate of drug-likeness (QED) is 0.231. The van der Waals surface area contributed by atoms with Gasteiger partial charge >= 0.3 is 17.6 Å². The first-order valence-electron chi connectivity index (χ1n) is 15.2. The van der Waals surface area contributed by atoms with Gasteiger partial charge in [-0.05, 0) is 98.8 Å². The van der Waals surface area contributed by atoms with Crippen molar-refractivity contribution < 1.29 is 28.6 Å². The Morgan fingerprint density at radius 1 is 1.10 bits per heavy atom. The van der Waals surface area contributed by atoms with Gasteiger partial charge in [-0.2, -0.15) is 0 Å². The van der Waals surface area contributed by atoms with Crippen molar-refractivity contribution in [2.75, 3.05) is 0 Å². The maximum absolute atomic E-state index is 12.6. The number of rotatable bonds is 8. The number of ether oxygens (including phenoxy) is 2. The summed E-state index contributed by atoms with van der Waals surface area (Å²) in [5, 5.41) is 12.2. The Kier molecular flexibility index (Phi) is 8.83. The van der Waals surface area contributed by atoms with E-state index in [0.29, 0.717) is 12.3 Å². The number of benzene rings is 1. The van der Waals surface area contributed by atoms with Crippen molar-refractivity contribution in [2.24, 2.45) is 17.3 Å². The van der Waals surface area contributed by atoms with E-state index in [1.54, 1.807) is 6.26 Å². The van der Waals surface area contributed by atoms with E-state index in [1.165, 1.54) is 11.6 Å². The highest BCUT2D eigenvalue weighted by Gasteiger charge is 2.63. The van der Waals surface area contributed by atoms with Gasteiger partial charge < -0.3 is 19.0 Å². The zero-order valence-electron chi connectivity index (χ0n) is 24.2. The molecule has 3 saturated carbocycles. The molecule has 3 fully saturated rings. The van der Waals surface area contributed by atoms with E-state index in [0.717, 1.165) is 68.9 Å². The molecule has 0 radical (unpaired) electrons. The normalized spacial score (nSPS) is 30.7. The summed E-state index contributed by atoms with van der Waals surface area (Å²) in [6, 6.07) is 12.6. The Morgan fingerprint density at radius 3 is 2.63 bits per heavy atom. The van der Waals surface area contributed by atoms with Crippen LogP contribution in [0.4, 0.5) is 0 Å². The van der Waals surface area contributed by atoms with Crippen LogP contribution in [0.1, 0.15) is 95.1 Å². The zero-order valence-corrected chi connectivity index (χ0v) is 24.2. The first kappa shape index (κ1) is 29.3. The zero-order chi connectivity index (χ0) is 29.0. The molecule has 7 nitrogen and oxygen atoms in total. The van der Waals surface area contributed by atoms with Crippen LogP contribution in [0.5, 0.6) is 0 Å². The molecule has 1 aromatic heterocycles. The van der Waals surface area contributed by atoms with Gasteiger partial charge in [0.25, 0.3) is 0 Å². The van der Waals surface area contributed by atoms with Gasteiger partial charge in [0.05, 0.1) is 11.9 Å². The molecule has 1 N–H and O–H groups in total. The number of fused-ring (bicyclic) bond motifs is 3. The Balaban J connectivity index is 1.23. The van der Waals surface area contributed by atoms with Gasteiger partial charge in [-0.3, -0.25) is 0 Å². The second kappa shape index (κ2) is 12.4. The molecule has 7 heteroatoms. The van der Waals surface area contributed by atoms with Gasteiger partial charge in [0.15, 0.2) is 0 Å². The highest BCUT2D eigenvalue weighted by Crippen LogP contribution is 2.66. The highest BCUT2D eigenvalue weighted by atomic mass is 16.6. The third kappa shape index (κ3) is 6.06. The number of hydrogen-bond acceptors (Lipinski definition) is 7. The monoisotopic (exact) mass is 562 g/mol. The van der Waals surface area contributed by atoms with Crippen LogP contribution in [0.15, 0.2) is 69.6 Å². The Labute approximate surface area is 241 Å². The second-order valence-corrected chi connectivity index (χ2v) is 12.4. The summed E-state index contributed by atoms with van der Waals surface area (Å²) in [6.07, 6.45) is 11.8. The van der Waals surface area contributed by atoms with E-state index in [4.69, 9.17) is 13.9 Å². The molecule has 41 heavy (non-hydrogen) atoms. The molecule has 0 aliphatic heterocycles. The van der Waals surface area contributed by atoms with E-state index in [9.17, 15) is 19.5 Å². The number of allylic oxidation sites excluding steroid dienone is 1. The molecule has 6 atom stereocenters. The largest absolute Gasteiger partial charge is 0.452 e. The third-order valence-corrected chi connectivity index (χ3v) is 10.1. The number of unbranched alkanes of at least 4 members (excludes halogenated alkanes) is 1. The topological polar surface area (TPSA) is 103 Å². The molecule has 220 valence electrons. The summed E-state index contributed by atoms with van der Waals surface area (Å²) >= 11 is 0. The predicted octanol–water partition coefficient (Wildman–Crippen LogP) is 6.24. The molecule has 3 aliphatic rings. The van der Waals surface area contributed by atoms with Crippen molar-refractivity contribution in [1.29, 1.82) is 0 Å². The first-order chi connectivity index (χ1) is 19.7. The molecule has 1 heterocycles. The van der Waals surface area contributed by atoms with Crippen molar-refractivity contribution >= 4 is 11.9 Å². The molecule has 0 unspecified atom stereocenters. The molecular formula is C34H42O7. The van der Waals surface area contributed by atoms with Crippen molar-refractivity contribution in [3.05, 3.63) is 81.9 Å². The van der Waals surface area contributed by atoms with Gasteiger partial charge in [-0.15, -0.1) is 0 Å². The molecule has 3 aliphatic carbocycles. The summed E-state index contributed by atoms with van der Waals surface area (Å²) in [6.45, 7) is 4.33. The second-order valence-electron chi connectivity index (χ2n) is 12.4. The average Bonchev–Trinajstić information content (AvgIpc) is 3.26. The molecular weight excluding hydrogens is 520 g/mol. The molecule has 1 aromatic carbocycles. The van der Waals surface area contributed by atoms with Crippen molar-refractivity contribution in [2.45, 2.75) is 102 Å². The molecule has 0 saturated heterocycles. The minimum absolute atomic E-state index is 0.0277. The van der Waals surface area contributed by atoms with Crippen LogP contribution in [-0.4, -0.2) is 28.8 Å². The first-order valence-corrected chi connectivity index (χ1v) is 15.2. The fraction of sp³-hybridized carbons (Fsp3) is 0.559. The minimum atomic E-state index is -0.972. The Morgan fingerprint density at radius 2 is 1.90 bits per heavy atom. The average molecular weight is 563 g/mol. The van der Waals surface area contributed by atoms with Gasteiger partial charge in [0, 0.05) is 11.5 Å². The Hall–Kier alpha value is -3.19. The fourth-order valence-corrected chi connectivity index (χ4v) is 7.91. The van der Waals surface area contributed by atoms with Gasteiger partial charge in [-0.1, -0.05) is 56.2 Å². The Bertz CT molecular complexity index is 1290. The molecule has 5 rings (SSSR count). The van der Waals surface area contributed by atoms with E-state index in [-0.39, 0.29) is 29.5 Å². The lowest BCUT2D eigenvalue weighted by atomic mass is 9.51. The van der Waals surface area contributed by atoms with Gasteiger partial charge in [-0.25, -0.2) is 14.4 Å². The fourth-order valence-electron chi connectivity index (χ4n) is 7.91.